The molecule has 2 heterocycles. The Hall–Kier alpha value is -0.830. The molecule has 0 aliphatic carbocycles. The van der Waals surface area contributed by atoms with E-state index in [4.69, 9.17) is 0 Å². The molecule has 0 radical (unpaired) electrons. The summed E-state index contributed by atoms with van der Waals surface area (Å²) in [6.07, 6.45) is 2.64. The van der Waals surface area contributed by atoms with Gasteiger partial charge in [-0.05, 0) is 33.4 Å². The van der Waals surface area contributed by atoms with Crippen molar-refractivity contribution < 1.29 is 4.21 Å². The van der Waals surface area contributed by atoms with Gasteiger partial charge in [0.1, 0.15) is 0 Å². The summed E-state index contributed by atoms with van der Waals surface area (Å²) in [4.78, 5) is 5.27. The minimum absolute atomic E-state index is 0.0552. The molecule has 1 unspecified atom stereocenters. The third-order valence-electron chi connectivity index (χ3n) is 2.82. The lowest BCUT2D eigenvalue weighted by molar-refractivity contribution is 0.566. The molecule has 82 valence electrons. The molecule has 0 aromatic carbocycles. The molecule has 2 nitrogen and oxygen atoms in total. The molecule has 1 aromatic rings. The lowest BCUT2D eigenvalue weighted by atomic mass is 9.90. The van der Waals surface area contributed by atoms with Crippen molar-refractivity contribution in [3.63, 3.8) is 0 Å². The molecule has 1 aromatic heterocycles. The number of aromatic nitrogens is 1. The van der Waals surface area contributed by atoms with E-state index in [0.717, 1.165) is 17.0 Å². The molecule has 0 fully saturated rings. The summed E-state index contributed by atoms with van der Waals surface area (Å²) in [5.41, 5.74) is 2.30. The van der Waals surface area contributed by atoms with E-state index >= 15 is 0 Å². The fourth-order valence-electron chi connectivity index (χ4n) is 1.81. The number of rotatable bonds is 0. The Balaban J connectivity index is 2.56. The van der Waals surface area contributed by atoms with Crippen molar-refractivity contribution in [3.05, 3.63) is 23.5 Å². The molecular formula is C12H17NOS. The van der Waals surface area contributed by atoms with Crippen molar-refractivity contribution in [2.75, 3.05) is 5.75 Å². The largest absolute Gasteiger partial charge is 0.263 e. The molecule has 0 saturated heterocycles. The zero-order valence-electron chi connectivity index (χ0n) is 9.54. The number of pyridine rings is 1. The Morgan fingerprint density at radius 3 is 2.73 bits per heavy atom. The quantitative estimate of drug-likeness (QED) is 0.630. The number of fused-ring (bicyclic) bond motifs is 1. The van der Waals surface area contributed by atoms with Crippen LogP contribution < -0.4 is 0 Å². The van der Waals surface area contributed by atoms with Crippen molar-refractivity contribution in [2.24, 2.45) is 0 Å². The molecule has 3 heteroatoms. The van der Waals surface area contributed by atoms with Gasteiger partial charge in [-0.2, -0.15) is 0 Å². The summed E-state index contributed by atoms with van der Waals surface area (Å²) < 4.78 is 12.0. The monoisotopic (exact) mass is 223 g/mol. The Morgan fingerprint density at radius 1 is 1.47 bits per heavy atom. The number of aryl methyl sites for hydroxylation is 1. The maximum atomic E-state index is 12.0. The fourth-order valence-corrected chi connectivity index (χ4v) is 3.46. The summed E-state index contributed by atoms with van der Waals surface area (Å²) in [7, 11) is -2.03. The van der Waals surface area contributed by atoms with Crippen molar-refractivity contribution in [1.29, 1.82) is 0 Å². The van der Waals surface area contributed by atoms with Gasteiger partial charge in [0.15, 0.2) is 0 Å². The molecule has 2 rings (SSSR count). The van der Waals surface area contributed by atoms with Crippen LogP contribution in [0, 0.1) is 0 Å². The van der Waals surface area contributed by atoms with Crippen LogP contribution >= 0.6 is 0 Å². The molecule has 1 aliphatic heterocycles. The van der Waals surface area contributed by atoms with E-state index in [2.05, 4.69) is 37.7 Å². The second-order valence-corrected chi connectivity index (χ2v) is 7.66. The number of hydrogen-bond donors (Lipinski definition) is 0. The molecule has 1 atom stereocenters. The van der Waals surface area contributed by atoms with E-state index < -0.39 is 9.52 Å². The van der Waals surface area contributed by atoms with Crippen LogP contribution in [-0.2, 0) is 21.4 Å². The van der Waals surface area contributed by atoms with Crippen molar-refractivity contribution in [1.82, 2.24) is 4.98 Å². The zero-order valence-corrected chi connectivity index (χ0v) is 10.4. The highest BCUT2D eigenvalue weighted by molar-refractivity contribution is 8.00. The van der Waals surface area contributed by atoms with Gasteiger partial charge in [-0.25, -0.2) is 0 Å². The fraction of sp³-hybridized carbons (Fsp3) is 0.500. The van der Waals surface area contributed by atoms with Crippen LogP contribution in [-0.4, -0.2) is 20.8 Å². The predicted octanol–water partition coefficient (Wildman–Crippen LogP) is 2.01. The van der Waals surface area contributed by atoms with Crippen molar-refractivity contribution >= 4 is 15.4 Å². The minimum atomic E-state index is -2.03. The SMILES string of the molecule is C=S1(=O)CCc2cc(C(C)(C)C)ncc21. The van der Waals surface area contributed by atoms with E-state index in [1.165, 1.54) is 5.56 Å². The van der Waals surface area contributed by atoms with Gasteiger partial charge < -0.3 is 0 Å². The van der Waals surface area contributed by atoms with Gasteiger partial charge in [0.05, 0.1) is 4.90 Å². The third kappa shape index (κ3) is 1.81. The van der Waals surface area contributed by atoms with E-state index in [0.29, 0.717) is 5.75 Å². The van der Waals surface area contributed by atoms with Crippen LogP contribution in [0.1, 0.15) is 32.0 Å². The predicted molar refractivity (Wildman–Crippen MR) is 65.0 cm³/mol. The number of nitrogens with zero attached hydrogens (tertiary/aromatic N) is 1. The van der Waals surface area contributed by atoms with Crippen LogP contribution in [0.4, 0.5) is 0 Å². The lowest BCUT2D eigenvalue weighted by Gasteiger charge is -2.18. The summed E-state index contributed by atoms with van der Waals surface area (Å²) >= 11 is 0. The standard InChI is InChI=1S/C12H17NOS/c1-12(2,3)11-7-9-5-6-15(4,14)10(9)8-13-11/h7-8H,4-6H2,1-3H3. The van der Waals surface area contributed by atoms with Gasteiger partial charge in [-0.3, -0.25) is 9.19 Å². The molecule has 15 heavy (non-hydrogen) atoms. The van der Waals surface area contributed by atoms with E-state index in [1.54, 1.807) is 6.20 Å². The maximum absolute atomic E-state index is 12.0. The van der Waals surface area contributed by atoms with E-state index in [-0.39, 0.29) is 5.41 Å². The van der Waals surface area contributed by atoms with Gasteiger partial charge in [0, 0.05) is 23.1 Å². The molecule has 0 N–H and O–H groups in total. The maximum Gasteiger partial charge on any atom is 0.0521 e. The Kier molecular flexibility index (Phi) is 2.19. The normalized spacial score (nSPS) is 25.3. The van der Waals surface area contributed by atoms with Gasteiger partial charge in [0.25, 0.3) is 0 Å². The second kappa shape index (κ2) is 3.08. The smallest absolute Gasteiger partial charge is 0.0521 e. The van der Waals surface area contributed by atoms with E-state index in [1.807, 2.05) is 0 Å². The van der Waals surface area contributed by atoms with Gasteiger partial charge in [-0.15, -0.1) is 0 Å². The first-order valence-corrected chi connectivity index (χ1v) is 7.05. The lowest BCUT2D eigenvalue weighted by Crippen LogP contribution is -2.14. The summed E-state index contributed by atoms with van der Waals surface area (Å²) in [6.45, 7) is 6.41. The minimum Gasteiger partial charge on any atom is -0.263 e. The first-order chi connectivity index (χ1) is 6.81. The Morgan fingerprint density at radius 2 is 2.13 bits per heavy atom. The Bertz CT molecular complexity index is 495. The molecule has 0 bridgehead atoms. The van der Waals surface area contributed by atoms with Crippen LogP contribution in [0.15, 0.2) is 17.2 Å². The Labute approximate surface area is 91.7 Å². The molecule has 1 aliphatic rings. The van der Waals surface area contributed by atoms with Crippen LogP contribution in [0.5, 0.6) is 0 Å². The zero-order chi connectivity index (χ0) is 11.3. The highest BCUT2D eigenvalue weighted by Gasteiger charge is 2.24. The first-order valence-electron chi connectivity index (χ1n) is 5.15. The van der Waals surface area contributed by atoms with Gasteiger partial charge >= 0.3 is 0 Å². The summed E-state index contributed by atoms with van der Waals surface area (Å²) in [6, 6.07) is 2.09. The van der Waals surface area contributed by atoms with E-state index in [9.17, 15) is 4.21 Å². The highest BCUT2D eigenvalue weighted by atomic mass is 32.2. The summed E-state index contributed by atoms with van der Waals surface area (Å²) in [5.74, 6) is 4.47. The topological polar surface area (TPSA) is 30.0 Å². The second-order valence-electron chi connectivity index (χ2n) is 5.19. The third-order valence-corrected chi connectivity index (χ3v) is 4.85. The van der Waals surface area contributed by atoms with Crippen molar-refractivity contribution in [3.8, 4) is 0 Å². The van der Waals surface area contributed by atoms with Crippen LogP contribution in [0.2, 0.25) is 0 Å². The van der Waals surface area contributed by atoms with Gasteiger partial charge in [-0.1, -0.05) is 20.8 Å². The van der Waals surface area contributed by atoms with Crippen molar-refractivity contribution in [2.45, 2.75) is 37.5 Å². The first kappa shape index (κ1) is 10.7. The molecule has 0 saturated carbocycles. The molecule has 0 amide bonds. The molecule has 0 spiro atoms. The summed E-state index contributed by atoms with van der Waals surface area (Å²) in [5, 5.41) is 0. The average Bonchev–Trinajstić information content (AvgIpc) is 2.41. The van der Waals surface area contributed by atoms with Crippen LogP contribution in [0.3, 0.4) is 0 Å². The van der Waals surface area contributed by atoms with Crippen LogP contribution in [0.25, 0.3) is 0 Å². The average molecular weight is 223 g/mol. The molecular weight excluding hydrogens is 206 g/mol. The van der Waals surface area contributed by atoms with Gasteiger partial charge in [0.2, 0.25) is 0 Å². The number of hydrogen-bond acceptors (Lipinski definition) is 2. The highest BCUT2D eigenvalue weighted by Crippen LogP contribution is 2.29.